The maximum atomic E-state index is 13.7. The van der Waals surface area contributed by atoms with Crippen molar-refractivity contribution in [2.24, 2.45) is 4.99 Å². The highest BCUT2D eigenvalue weighted by molar-refractivity contribution is 6.30. The fraction of sp³-hybridized carbons (Fsp3) is 0.192. The second-order valence-corrected chi connectivity index (χ2v) is 8.78. The van der Waals surface area contributed by atoms with Crippen molar-refractivity contribution in [1.29, 1.82) is 5.26 Å². The van der Waals surface area contributed by atoms with E-state index >= 15 is 0 Å². The molecule has 0 radical (unpaired) electrons. The molecule has 0 aliphatic rings. The lowest BCUT2D eigenvalue weighted by Crippen LogP contribution is -2.38. The molecule has 10 nitrogen and oxygen atoms in total. The lowest BCUT2D eigenvalue weighted by Gasteiger charge is -2.12. The SMILES string of the molecule is C=CNc1cc(Cl)ccc1/C=c1\c(C)nc2c(C#N)c(C(F)F)nn2c1=NCC(=O)N[C@H](C)c1cncnc1. The van der Waals surface area contributed by atoms with Gasteiger partial charge in [0.15, 0.2) is 11.1 Å². The molecule has 4 rings (SSSR count). The Morgan fingerprint density at radius 3 is 2.74 bits per heavy atom. The minimum Gasteiger partial charge on any atom is -0.362 e. The van der Waals surface area contributed by atoms with Gasteiger partial charge in [-0.2, -0.15) is 14.9 Å². The van der Waals surface area contributed by atoms with E-state index in [2.05, 4.69) is 42.3 Å². The summed E-state index contributed by atoms with van der Waals surface area (Å²) in [5.41, 5.74) is 1.25. The molecule has 39 heavy (non-hydrogen) atoms. The van der Waals surface area contributed by atoms with Gasteiger partial charge >= 0.3 is 0 Å². The average Bonchev–Trinajstić information content (AvgIpc) is 3.28. The number of aryl methyl sites for hydroxylation is 1. The third kappa shape index (κ3) is 5.89. The van der Waals surface area contributed by atoms with E-state index in [9.17, 15) is 18.8 Å². The summed E-state index contributed by atoms with van der Waals surface area (Å²) in [5.74, 6) is -0.442. The summed E-state index contributed by atoms with van der Waals surface area (Å²) < 4.78 is 28.5. The number of nitrogens with zero attached hydrogens (tertiary/aromatic N) is 7. The Balaban J connectivity index is 1.90. The molecule has 0 saturated carbocycles. The molecule has 3 aromatic heterocycles. The second kappa shape index (κ2) is 11.7. The fourth-order valence-corrected chi connectivity index (χ4v) is 4.02. The number of nitriles is 1. The van der Waals surface area contributed by atoms with Gasteiger partial charge in [-0.15, -0.1) is 0 Å². The van der Waals surface area contributed by atoms with E-state index in [4.69, 9.17) is 11.6 Å². The first-order valence-corrected chi connectivity index (χ1v) is 12.0. The summed E-state index contributed by atoms with van der Waals surface area (Å²) in [6, 6.07) is 6.47. The molecule has 0 spiro atoms. The van der Waals surface area contributed by atoms with E-state index in [1.807, 2.05) is 0 Å². The molecule has 3 heterocycles. The summed E-state index contributed by atoms with van der Waals surface area (Å²) in [6.07, 6.45) is 4.72. The molecule has 0 saturated heterocycles. The van der Waals surface area contributed by atoms with E-state index in [1.165, 1.54) is 12.5 Å². The van der Waals surface area contributed by atoms with Crippen LogP contribution in [-0.4, -0.2) is 37.0 Å². The minimum atomic E-state index is -3.01. The Labute approximate surface area is 226 Å². The number of alkyl halides is 2. The monoisotopic (exact) mass is 549 g/mol. The standard InChI is InChI=1S/C26H22ClF2N9O/c1-4-33-21-8-18(27)6-5-16(21)7-19-15(3)36-26-20(9-30)23(24(28)29)37-38(26)25(19)34-12-22(39)35-14(2)17-10-31-13-32-11-17/h4-8,10-11,13-14,24,33H,1,12H2,2-3H3,(H,35,39)/b19-7+,34-25?/t14-/m1/s1. The first-order valence-electron chi connectivity index (χ1n) is 11.6. The fourth-order valence-electron chi connectivity index (χ4n) is 3.85. The van der Waals surface area contributed by atoms with Crippen LogP contribution in [0.4, 0.5) is 14.5 Å². The zero-order chi connectivity index (χ0) is 28.1. The van der Waals surface area contributed by atoms with Gasteiger partial charge in [-0.25, -0.2) is 23.7 Å². The van der Waals surface area contributed by atoms with Crippen molar-refractivity contribution in [3.8, 4) is 6.07 Å². The number of carbonyl (C=O) groups excluding carboxylic acids is 1. The van der Waals surface area contributed by atoms with E-state index < -0.39 is 24.1 Å². The van der Waals surface area contributed by atoms with Crippen LogP contribution in [0.3, 0.4) is 0 Å². The van der Waals surface area contributed by atoms with Crippen LogP contribution >= 0.6 is 11.6 Å². The molecule has 13 heteroatoms. The number of halogens is 3. The van der Waals surface area contributed by atoms with Crippen molar-refractivity contribution in [3.63, 3.8) is 0 Å². The number of anilines is 1. The molecular formula is C26H22ClF2N9O. The normalized spacial score (nSPS) is 12.9. The Kier molecular flexibility index (Phi) is 8.21. The average molecular weight is 550 g/mol. The highest BCUT2D eigenvalue weighted by Gasteiger charge is 2.23. The zero-order valence-electron chi connectivity index (χ0n) is 20.9. The molecule has 0 unspecified atom stereocenters. The zero-order valence-corrected chi connectivity index (χ0v) is 21.6. The van der Waals surface area contributed by atoms with E-state index in [0.717, 1.165) is 4.52 Å². The van der Waals surface area contributed by atoms with Crippen molar-refractivity contribution < 1.29 is 13.6 Å². The highest BCUT2D eigenvalue weighted by Crippen LogP contribution is 2.24. The van der Waals surface area contributed by atoms with Crippen LogP contribution in [0.1, 0.15) is 47.5 Å². The Bertz CT molecular complexity index is 1720. The largest absolute Gasteiger partial charge is 0.362 e. The van der Waals surface area contributed by atoms with E-state index in [0.29, 0.717) is 32.7 Å². The molecule has 0 aliphatic carbocycles. The van der Waals surface area contributed by atoms with Crippen molar-refractivity contribution in [2.45, 2.75) is 26.3 Å². The Morgan fingerprint density at radius 1 is 1.33 bits per heavy atom. The number of aromatic nitrogens is 5. The number of rotatable bonds is 8. The topological polar surface area (TPSA) is 133 Å². The van der Waals surface area contributed by atoms with Crippen molar-refractivity contribution >= 4 is 34.9 Å². The molecule has 1 atom stereocenters. The third-order valence-corrected chi connectivity index (χ3v) is 5.95. The summed E-state index contributed by atoms with van der Waals surface area (Å²) >= 11 is 6.15. The minimum absolute atomic E-state index is 0.0752. The van der Waals surface area contributed by atoms with Crippen LogP contribution in [0.2, 0.25) is 5.02 Å². The van der Waals surface area contributed by atoms with Gasteiger partial charge in [-0.05, 0) is 43.8 Å². The molecule has 1 amide bonds. The second-order valence-electron chi connectivity index (χ2n) is 8.34. The molecule has 0 bridgehead atoms. The van der Waals surface area contributed by atoms with Crippen LogP contribution < -0.4 is 21.3 Å². The number of hydrogen-bond donors (Lipinski definition) is 2. The molecular weight excluding hydrogens is 528 g/mol. The smallest absolute Gasteiger partial charge is 0.283 e. The highest BCUT2D eigenvalue weighted by atomic mass is 35.5. The summed E-state index contributed by atoms with van der Waals surface area (Å²) in [5, 5.41) is 20.2. The predicted molar refractivity (Wildman–Crippen MR) is 140 cm³/mol. The van der Waals surface area contributed by atoms with Gasteiger partial charge in [0.25, 0.3) is 6.43 Å². The number of hydrogen-bond acceptors (Lipinski definition) is 8. The van der Waals surface area contributed by atoms with Crippen molar-refractivity contribution in [3.05, 3.63) is 93.5 Å². The van der Waals surface area contributed by atoms with E-state index in [-0.39, 0.29) is 23.2 Å². The van der Waals surface area contributed by atoms with Crippen molar-refractivity contribution in [2.75, 3.05) is 11.9 Å². The van der Waals surface area contributed by atoms with Crippen molar-refractivity contribution in [1.82, 2.24) is 29.9 Å². The van der Waals surface area contributed by atoms with E-state index in [1.54, 1.807) is 56.6 Å². The number of nitrogens with one attached hydrogen (secondary N) is 2. The molecule has 4 aromatic rings. The number of fused-ring (bicyclic) bond motifs is 1. The number of carbonyl (C=O) groups is 1. The molecule has 0 fully saturated rings. The third-order valence-electron chi connectivity index (χ3n) is 5.71. The maximum Gasteiger partial charge on any atom is 0.283 e. The van der Waals surface area contributed by atoms with Gasteiger partial charge in [0, 0.05) is 33.9 Å². The van der Waals surface area contributed by atoms with Gasteiger partial charge in [-0.3, -0.25) is 9.79 Å². The van der Waals surface area contributed by atoms with Crippen LogP contribution in [0.15, 0.2) is 54.7 Å². The van der Waals surface area contributed by atoms with Crippen LogP contribution in [0, 0.1) is 18.3 Å². The number of amides is 1. The summed E-state index contributed by atoms with van der Waals surface area (Å²) in [6.45, 7) is 6.73. The van der Waals surface area contributed by atoms with Gasteiger partial charge in [0.1, 0.15) is 30.2 Å². The lowest BCUT2D eigenvalue weighted by atomic mass is 10.1. The van der Waals surface area contributed by atoms with Crippen LogP contribution in [-0.2, 0) is 4.79 Å². The van der Waals surface area contributed by atoms with Gasteiger partial charge in [0.2, 0.25) is 5.91 Å². The molecule has 2 N–H and O–H groups in total. The molecule has 0 aliphatic heterocycles. The Morgan fingerprint density at radius 2 is 2.08 bits per heavy atom. The van der Waals surface area contributed by atoms with Crippen LogP contribution in [0.25, 0.3) is 11.7 Å². The first kappa shape index (κ1) is 27.3. The Hall–Kier alpha value is -4.76. The van der Waals surface area contributed by atoms with Crippen LogP contribution in [0.5, 0.6) is 0 Å². The maximum absolute atomic E-state index is 13.7. The van der Waals surface area contributed by atoms with Gasteiger partial charge in [-0.1, -0.05) is 24.2 Å². The molecule has 1 aromatic carbocycles. The predicted octanol–water partition coefficient (Wildman–Crippen LogP) is 3.17. The lowest BCUT2D eigenvalue weighted by molar-refractivity contribution is -0.120. The van der Waals surface area contributed by atoms with Gasteiger partial charge < -0.3 is 10.6 Å². The summed E-state index contributed by atoms with van der Waals surface area (Å²) in [4.78, 5) is 29.5. The summed E-state index contributed by atoms with van der Waals surface area (Å²) in [7, 11) is 0. The first-order chi connectivity index (χ1) is 18.7. The quantitative estimate of drug-likeness (QED) is 0.345. The van der Waals surface area contributed by atoms with Gasteiger partial charge in [0.05, 0.1) is 11.7 Å². The number of benzene rings is 1. The molecule has 198 valence electrons.